The Morgan fingerprint density at radius 1 is 1.05 bits per heavy atom. The number of aromatic amines is 1. The lowest BCUT2D eigenvalue weighted by atomic mass is 10.0. The van der Waals surface area contributed by atoms with Crippen molar-refractivity contribution in [1.29, 1.82) is 0 Å². The second-order valence-electron chi connectivity index (χ2n) is 4.68. The van der Waals surface area contributed by atoms with Crippen molar-refractivity contribution in [1.82, 2.24) is 9.97 Å². The fraction of sp³-hybridized carbons (Fsp3) is 0.188. The number of fused-ring (bicyclic) bond motifs is 1. The van der Waals surface area contributed by atoms with Gasteiger partial charge in [-0.1, -0.05) is 24.3 Å². The van der Waals surface area contributed by atoms with Gasteiger partial charge in [-0.2, -0.15) is 0 Å². The molecule has 19 heavy (non-hydrogen) atoms. The van der Waals surface area contributed by atoms with E-state index in [9.17, 15) is 0 Å². The number of rotatable bonds is 4. The van der Waals surface area contributed by atoms with E-state index in [1.165, 1.54) is 22.0 Å². The van der Waals surface area contributed by atoms with Gasteiger partial charge < -0.3 is 10.7 Å². The van der Waals surface area contributed by atoms with Crippen molar-refractivity contribution in [3.05, 3.63) is 65.6 Å². The number of H-pyrrole nitrogens is 1. The van der Waals surface area contributed by atoms with Crippen LogP contribution >= 0.6 is 0 Å². The SMILES string of the molecule is NCCc1ncccc1Cc1cccc2cc[nH]c12. The highest BCUT2D eigenvalue weighted by molar-refractivity contribution is 5.82. The molecule has 3 heteroatoms. The van der Waals surface area contributed by atoms with E-state index >= 15 is 0 Å². The zero-order valence-electron chi connectivity index (χ0n) is 10.8. The summed E-state index contributed by atoms with van der Waals surface area (Å²) in [6.45, 7) is 0.636. The van der Waals surface area contributed by atoms with E-state index in [2.05, 4.69) is 40.3 Å². The third-order valence-electron chi connectivity index (χ3n) is 3.42. The molecule has 0 unspecified atom stereocenters. The van der Waals surface area contributed by atoms with Crippen molar-refractivity contribution in [2.24, 2.45) is 5.73 Å². The molecule has 1 aromatic carbocycles. The van der Waals surface area contributed by atoms with Crippen molar-refractivity contribution in [2.75, 3.05) is 6.54 Å². The molecule has 0 radical (unpaired) electrons. The zero-order valence-corrected chi connectivity index (χ0v) is 10.8. The van der Waals surface area contributed by atoms with Gasteiger partial charge in [-0.05, 0) is 35.2 Å². The number of benzene rings is 1. The van der Waals surface area contributed by atoms with E-state index in [0.717, 1.165) is 18.5 Å². The van der Waals surface area contributed by atoms with Crippen molar-refractivity contribution >= 4 is 10.9 Å². The van der Waals surface area contributed by atoms with Crippen LogP contribution < -0.4 is 5.73 Å². The first-order valence-electron chi connectivity index (χ1n) is 6.56. The Morgan fingerprint density at radius 2 is 1.95 bits per heavy atom. The average Bonchev–Trinajstić information content (AvgIpc) is 2.91. The highest BCUT2D eigenvalue weighted by Gasteiger charge is 2.07. The largest absolute Gasteiger partial charge is 0.361 e. The van der Waals surface area contributed by atoms with Gasteiger partial charge in [-0.15, -0.1) is 0 Å². The topological polar surface area (TPSA) is 54.7 Å². The van der Waals surface area contributed by atoms with Crippen molar-refractivity contribution in [2.45, 2.75) is 12.8 Å². The lowest BCUT2D eigenvalue weighted by Gasteiger charge is -2.08. The van der Waals surface area contributed by atoms with Crippen LogP contribution in [0.25, 0.3) is 10.9 Å². The molecule has 3 rings (SSSR count). The second kappa shape index (κ2) is 5.24. The molecule has 0 saturated carbocycles. The highest BCUT2D eigenvalue weighted by atomic mass is 14.7. The third kappa shape index (κ3) is 2.37. The van der Waals surface area contributed by atoms with Crippen molar-refractivity contribution < 1.29 is 0 Å². The smallest absolute Gasteiger partial charge is 0.0489 e. The molecule has 0 amide bonds. The summed E-state index contributed by atoms with van der Waals surface area (Å²) < 4.78 is 0. The molecule has 0 aliphatic carbocycles. The summed E-state index contributed by atoms with van der Waals surface area (Å²) in [6.07, 6.45) is 5.54. The first-order chi connectivity index (χ1) is 9.38. The Hall–Kier alpha value is -2.13. The molecule has 3 nitrogen and oxygen atoms in total. The van der Waals surface area contributed by atoms with Crippen molar-refractivity contribution in [3.63, 3.8) is 0 Å². The van der Waals surface area contributed by atoms with Crippen LogP contribution in [-0.4, -0.2) is 16.5 Å². The predicted molar refractivity (Wildman–Crippen MR) is 78.1 cm³/mol. The Bertz CT molecular complexity index is 685. The molecular formula is C16H17N3. The first-order valence-corrected chi connectivity index (χ1v) is 6.56. The molecule has 3 N–H and O–H groups in total. The van der Waals surface area contributed by atoms with Crippen LogP contribution in [0.1, 0.15) is 16.8 Å². The minimum atomic E-state index is 0.636. The van der Waals surface area contributed by atoms with Crippen LogP contribution in [0.2, 0.25) is 0 Å². The van der Waals surface area contributed by atoms with Gasteiger partial charge in [0.1, 0.15) is 0 Å². The summed E-state index contributed by atoms with van der Waals surface area (Å²) in [6, 6.07) is 12.6. The summed E-state index contributed by atoms with van der Waals surface area (Å²) in [5.74, 6) is 0. The van der Waals surface area contributed by atoms with E-state index in [1.807, 2.05) is 18.5 Å². The van der Waals surface area contributed by atoms with Gasteiger partial charge in [0, 0.05) is 36.4 Å². The van der Waals surface area contributed by atoms with Crippen LogP contribution in [0.3, 0.4) is 0 Å². The van der Waals surface area contributed by atoms with Gasteiger partial charge in [-0.25, -0.2) is 0 Å². The van der Waals surface area contributed by atoms with Crippen LogP contribution in [0.5, 0.6) is 0 Å². The number of hydrogen-bond acceptors (Lipinski definition) is 2. The van der Waals surface area contributed by atoms with Gasteiger partial charge in [0.15, 0.2) is 0 Å². The predicted octanol–water partition coefficient (Wildman–Crippen LogP) is 2.65. The highest BCUT2D eigenvalue weighted by Crippen LogP contribution is 2.21. The summed E-state index contributed by atoms with van der Waals surface area (Å²) >= 11 is 0. The lowest BCUT2D eigenvalue weighted by Crippen LogP contribution is -2.07. The monoisotopic (exact) mass is 251 g/mol. The number of nitrogens with one attached hydrogen (secondary N) is 1. The fourth-order valence-electron chi connectivity index (χ4n) is 2.50. The van der Waals surface area contributed by atoms with Gasteiger partial charge in [-0.3, -0.25) is 4.98 Å². The summed E-state index contributed by atoms with van der Waals surface area (Å²) in [7, 11) is 0. The molecule has 3 aromatic rings. The standard InChI is InChI=1S/C16H17N3/c17-8-6-15-13(5-2-9-18-15)11-14-4-1-3-12-7-10-19-16(12)14/h1-5,7,9-10,19H,6,8,11,17H2. The molecule has 0 bridgehead atoms. The molecular weight excluding hydrogens is 234 g/mol. The molecule has 96 valence electrons. The molecule has 0 spiro atoms. The van der Waals surface area contributed by atoms with Gasteiger partial charge >= 0.3 is 0 Å². The Labute approximate surface area is 112 Å². The van der Waals surface area contributed by atoms with E-state index in [0.29, 0.717) is 6.54 Å². The molecule has 0 aliphatic heterocycles. The lowest BCUT2D eigenvalue weighted by molar-refractivity contribution is 0.898. The minimum absolute atomic E-state index is 0.636. The maximum atomic E-state index is 5.65. The summed E-state index contributed by atoms with van der Waals surface area (Å²) in [4.78, 5) is 7.76. The third-order valence-corrected chi connectivity index (χ3v) is 3.42. The second-order valence-corrected chi connectivity index (χ2v) is 4.68. The van der Waals surface area contributed by atoms with Gasteiger partial charge in [0.05, 0.1) is 0 Å². The zero-order chi connectivity index (χ0) is 13.1. The summed E-state index contributed by atoms with van der Waals surface area (Å²) in [5.41, 5.74) is 10.5. The first kappa shape index (κ1) is 11.9. The van der Waals surface area contributed by atoms with Gasteiger partial charge in [0.25, 0.3) is 0 Å². The number of aromatic nitrogens is 2. The molecule has 0 aliphatic rings. The quantitative estimate of drug-likeness (QED) is 0.749. The maximum Gasteiger partial charge on any atom is 0.0489 e. The van der Waals surface area contributed by atoms with E-state index in [-0.39, 0.29) is 0 Å². The number of hydrogen-bond donors (Lipinski definition) is 2. The number of nitrogens with zero attached hydrogens (tertiary/aromatic N) is 1. The normalized spacial score (nSPS) is 11.0. The fourth-order valence-corrected chi connectivity index (χ4v) is 2.50. The van der Waals surface area contributed by atoms with Crippen molar-refractivity contribution in [3.8, 4) is 0 Å². The molecule has 0 atom stereocenters. The van der Waals surface area contributed by atoms with Crippen LogP contribution in [-0.2, 0) is 12.8 Å². The van der Waals surface area contributed by atoms with E-state index in [1.54, 1.807) is 0 Å². The molecule has 0 fully saturated rings. The Kier molecular flexibility index (Phi) is 3.29. The number of para-hydroxylation sites is 1. The Balaban J connectivity index is 1.99. The van der Waals surface area contributed by atoms with E-state index < -0.39 is 0 Å². The average molecular weight is 251 g/mol. The minimum Gasteiger partial charge on any atom is -0.361 e. The number of pyridine rings is 1. The van der Waals surface area contributed by atoms with Crippen LogP contribution in [0.4, 0.5) is 0 Å². The maximum absolute atomic E-state index is 5.65. The summed E-state index contributed by atoms with van der Waals surface area (Å²) in [5, 5.41) is 1.25. The Morgan fingerprint density at radius 3 is 2.84 bits per heavy atom. The molecule has 2 heterocycles. The number of nitrogens with two attached hydrogens (primary N) is 1. The van der Waals surface area contributed by atoms with Crippen LogP contribution in [0.15, 0.2) is 48.8 Å². The van der Waals surface area contributed by atoms with Crippen LogP contribution in [0, 0.1) is 0 Å². The van der Waals surface area contributed by atoms with Gasteiger partial charge in [0.2, 0.25) is 0 Å². The molecule has 2 aromatic heterocycles. The van der Waals surface area contributed by atoms with E-state index in [4.69, 9.17) is 5.73 Å². The molecule has 0 saturated heterocycles.